The Morgan fingerprint density at radius 3 is 2.33 bits per heavy atom. The summed E-state index contributed by atoms with van der Waals surface area (Å²) in [6.45, 7) is 1.77. The van der Waals surface area contributed by atoms with Crippen LogP contribution in [0.15, 0.2) is 84.0 Å². The number of carbonyl (C=O) groups is 1. The first-order chi connectivity index (χ1) is 11.7. The summed E-state index contributed by atoms with van der Waals surface area (Å²) in [6, 6.07) is 18.7. The number of aliphatic hydroxyl groups is 1. The molecule has 2 aromatic rings. The van der Waals surface area contributed by atoms with Crippen molar-refractivity contribution in [3.05, 3.63) is 90.0 Å². The molecule has 0 fully saturated rings. The lowest BCUT2D eigenvalue weighted by molar-refractivity contribution is -0.129. The Morgan fingerprint density at radius 1 is 1.04 bits per heavy atom. The van der Waals surface area contributed by atoms with Gasteiger partial charge in [0, 0.05) is 0 Å². The van der Waals surface area contributed by atoms with Crippen molar-refractivity contribution in [3.63, 3.8) is 0 Å². The molecule has 4 heteroatoms. The van der Waals surface area contributed by atoms with E-state index >= 15 is 0 Å². The molecule has 1 atom stereocenters. The third-order valence-electron chi connectivity index (χ3n) is 3.24. The first-order valence-electron chi connectivity index (χ1n) is 7.64. The van der Waals surface area contributed by atoms with Crippen molar-refractivity contribution < 1.29 is 9.90 Å². The third kappa shape index (κ3) is 5.66. The first-order valence-corrected chi connectivity index (χ1v) is 7.64. The van der Waals surface area contributed by atoms with Crippen LogP contribution in [-0.4, -0.2) is 16.7 Å². The SMILES string of the molecule is CC(/C=C/C=C/c1ccccc1)=N/NC(=O)C(O)c1ccccc1. The van der Waals surface area contributed by atoms with Crippen molar-refractivity contribution in [2.24, 2.45) is 5.10 Å². The predicted molar refractivity (Wildman–Crippen MR) is 97.3 cm³/mol. The summed E-state index contributed by atoms with van der Waals surface area (Å²) < 4.78 is 0. The number of allylic oxidation sites excluding steroid dienone is 3. The molecule has 0 aromatic heterocycles. The minimum absolute atomic E-state index is 0.532. The summed E-state index contributed by atoms with van der Waals surface area (Å²) in [4.78, 5) is 11.9. The van der Waals surface area contributed by atoms with Gasteiger partial charge in [0.1, 0.15) is 0 Å². The fraction of sp³-hybridized carbons (Fsp3) is 0.100. The average molecular weight is 320 g/mol. The van der Waals surface area contributed by atoms with Crippen molar-refractivity contribution in [2.45, 2.75) is 13.0 Å². The van der Waals surface area contributed by atoms with Gasteiger partial charge in [-0.1, -0.05) is 78.9 Å². The molecule has 0 aliphatic rings. The van der Waals surface area contributed by atoms with Gasteiger partial charge < -0.3 is 5.11 Å². The van der Waals surface area contributed by atoms with E-state index in [2.05, 4.69) is 10.5 Å². The summed E-state index contributed by atoms with van der Waals surface area (Å²) in [7, 11) is 0. The monoisotopic (exact) mass is 320 g/mol. The smallest absolute Gasteiger partial charge is 0.273 e. The van der Waals surface area contributed by atoms with Gasteiger partial charge in [0.15, 0.2) is 6.10 Å². The van der Waals surface area contributed by atoms with Crippen LogP contribution in [0, 0.1) is 0 Å². The van der Waals surface area contributed by atoms with E-state index in [4.69, 9.17) is 0 Å². The molecular formula is C20H20N2O2. The average Bonchev–Trinajstić information content (AvgIpc) is 2.64. The quantitative estimate of drug-likeness (QED) is 0.486. The van der Waals surface area contributed by atoms with Gasteiger partial charge >= 0.3 is 0 Å². The Hall–Kier alpha value is -2.98. The van der Waals surface area contributed by atoms with Crippen LogP contribution in [0.1, 0.15) is 24.2 Å². The molecule has 2 rings (SSSR count). The maximum Gasteiger partial charge on any atom is 0.273 e. The molecule has 4 nitrogen and oxygen atoms in total. The highest BCUT2D eigenvalue weighted by molar-refractivity contribution is 5.94. The zero-order valence-electron chi connectivity index (χ0n) is 13.5. The summed E-state index contributed by atoms with van der Waals surface area (Å²) in [5.74, 6) is -0.561. The maximum absolute atomic E-state index is 11.9. The molecule has 0 bridgehead atoms. The van der Waals surface area contributed by atoms with E-state index in [1.54, 1.807) is 37.3 Å². The molecule has 2 aromatic carbocycles. The standard InChI is InChI=1S/C20H20N2O2/c1-16(10-8-9-13-17-11-4-2-5-12-17)21-22-20(24)19(23)18-14-6-3-7-15-18/h2-15,19,23H,1H3,(H,22,24)/b10-8+,13-9+,21-16-. The number of carbonyl (C=O) groups excluding carboxylic acids is 1. The van der Waals surface area contributed by atoms with Gasteiger partial charge in [-0.25, -0.2) is 5.43 Å². The molecule has 0 saturated carbocycles. The lowest BCUT2D eigenvalue weighted by Crippen LogP contribution is -2.25. The van der Waals surface area contributed by atoms with Gasteiger partial charge in [-0.15, -0.1) is 0 Å². The molecular weight excluding hydrogens is 300 g/mol. The molecule has 0 aliphatic heterocycles. The molecule has 0 radical (unpaired) electrons. The Kier molecular flexibility index (Phi) is 6.68. The first kappa shape index (κ1) is 17.4. The van der Waals surface area contributed by atoms with Crippen LogP contribution in [0.25, 0.3) is 6.08 Å². The number of hydrazone groups is 1. The zero-order valence-corrected chi connectivity index (χ0v) is 13.5. The fourth-order valence-electron chi connectivity index (χ4n) is 1.95. The van der Waals surface area contributed by atoms with E-state index in [0.29, 0.717) is 11.3 Å². The molecule has 0 spiro atoms. The second kappa shape index (κ2) is 9.22. The normalized spacial score (nSPS) is 13.3. The number of aliphatic hydroxyl groups excluding tert-OH is 1. The van der Waals surface area contributed by atoms with E-state index < -0.39 is 12.0 Å². The van der Waals surface area contributed by atoms with Crippen molar-refractivity contribution in [2.75, 3.05) is 0 Å². The number of benzene rings is 2. The van der Waals surface area contributed by atoms with E-state index in [1.165, 1.54) is 0 Å². The summed E-state index contributed by atoms with van der Waals surface area (Å²) in [6.07, 6.45) is 6.25. The summed E-state index contributed by atoms with van der Waals surface area (Å²) >= 11 is 0. The number of rotatable bonds is 6. The predicted octanol–water partition coefficient (Wildman–Crippen LogP) is 3.48. The minimum Gasteiger partial charge on any atom is -0.378 e. The van der Waals surface area contributed by atoms with Crippen LogP contribution in [-0.2, 0) is 4.79 Å². The van der Waals surface area contributed by atoms with Crippen LogP contribution in [0.3, 0.4) is 0 Å². The van der Waals surface area contributed by atoms with E-state index in [1.807, 2.05) is 54.6 Å². The van der Waals surface area contributed by atoms with E-state index in [9.17, 15) is 9.90 Å². The maximum atomic E-state index is 11.9. The summed E-state index contributed by atoms with van der Waals surface area (Å²) in [5, 5.41) is 13.9. The molecule has 1 amide bonds. The van der Waals surface area contributed by atoms with Gasteiger partial charge in [0.05, 0.1) is 5.71 Å². The van der Waals surface area contributed by atoms with Crippen LogP contribution < -0.4 is 5.43 Å². The van der Waals surface area contributed by atoms with Crippen molar-refractivity contribution >= 4 is 17.7 Å². The van der Waals surface area contributed by atoms with Crippen LogP contribution in [0.2, 0.25) is 0 Å². The second-order valence-electron chi connectivity index (χ2n) is 5.17. The molecule has 2 N–H and O–H groups in total. The van der Waals surface area contributed by atoms with Gasteiger partial charge in [0.2, 0.25) is 0 Å². The Morgan fingerprint density at radius 2 is 1.67 bits per heavy atom. The molecule has 1 unspecified atom stereocenters. The zero-order chi connectivity index (χ0) is 17.2. The highest BCUT2D eigenvalue weighted by atomic mass is 16.3. The third-order valence-corrected chi connectivity index (χ3v) is 3.24. The Labute approximate surface area is 141 Å². The van der Waals surface area contributed by atoms with Gasteiger partial charge in [-0.05, 0) is 24.1 Å². The highest BCUT2D eigenvalue weighted by Crippen LogP contribution is 2.11. The number of nitrogens with zero attached hydrogens (tertiary/aromatic N) is 1. The highest BCUT2D eigenvalue weighted by Gasteiger charge is 2.15. The fourth-order valence-corrected chi connectivity index (χ4v) is 1.95. The Bertz CT molecular complexity index is 735. The minimum atomic E-state index is -1.23. The van der Waals surface area contributed by atoms with Gasteiger partial charge in [0.25, 0.3) is 5.91 Å². The molecule has 0 heterocycles. The van der Waals surface area contributed by atoms with Crippen LogP contribution in [0.5, 0.6) is 0 Å². The molecule has 122 valence electrons. The van der Waals surface area contributed by atoms with Crippen molar-refractivity contribution in [3.8, 4) is 0 Å². The van der Waals surface area contributed by atoms with E-state index in [0.717, 1.165) is 5.56 Å². The largest absolute Gasteiger partial charge is 0.378 e. The molecule has 24 heavy (non-hydrogen) atoms. The van der Waals surface area contributed by atoms with Crippen LogP contribution in [0.4, 0.5) is 0 Å². The van der Waals surface area contributed by atoms with Crippen molar-refractivity contribution in [1.82, 2.24) is 5.43 Å². The molecule has 0 saturated heterocycles. The second-order valence-corrected chi connectivity index (χ2v) is 5.17. The lowest BCUT2D eigenvalue weighted by atomic mass is 10.1. The van der Waals surface area contributed by atoms with Gasteiger partial charge in [-0.3, -0.25) is 4.79 Å². The van der Waals surface area contributed by atoms with Crippen molar-refractivity contribution in [1.29, 1.82) is 0 Å². The number of amides is 1. The summed E-state index contributed by atoms with van der Waals surface area (Å²) in [5.41, 5.74) is 4.63. The number of hydrogen-bond acceptors (Lipinski definition) is 3. The number of nitrogens with one attached hydrogen (secondary N) is 1. The Balaban J connectivity index is 1.86. The van der Waals surface area contributed by atoms with Gasteiger partial charge in [-0.2, -0.15) is 5.10 Å². The topological polar surface area (TPSA) is 61.7 Å². The number of hydrogen-bond donors (Lipinski definition) is 2. The molecule has 0 aliphatic carbocycles. The van der Waals surface area contributed by atoms with Crippen LogP contribution >= 0.6 is 0 Å². The van der Waals surface area contributed by atoms with E-state index in [-0.39, 0.29) is 0 Å². The lowest BCUT2D eigenvalue weighted by Gasteiger charge is -2.08.